The molecule has 3 heteroatoms. The Bertz CT molecular complexity index is 265. The minimum atomic E-state index is 0.325. The molecule has 3 nitrogen and oxygen atoms in total. The first kappa shape index (κ1) is 15.3. The monoisotopic (exact) mass is 269 g/mol. The Morgan fingerprint density at radius 3 is 2.79 bits per heavy atom. The van der Waals surface area contributed by atoms with Crippen LogP contribution in [0.1, 0.15) is 52.9 Å². The normalized spacial score (nSPS) is 31.3. The fourth-order valence-electron chi connectivity index (χ4n) is 3.30. The van der Waals surface area contributed by atoms with Crippen molar-refractivity contribution in [1.82, 2.24) is 5.32 Å². The summed E-state index contributed by atoms with van der Waals surface area (Å²) in [5, 5.41) is 3.63. The molecule has 0 aromatic heterocycles. The molecule has 1 N–H and O–H groups in total. The van der Waals surface area contributed by atoms with Gasteiger partial charge in [0, 0.05) is 25.2 Å². The first-order valence-electron chi connectivity index (χ1n) is 8.12. The van der Waals surface area contributed by atoms with Gasteiger partial charge >= 0.3 is 0 Å². The molecule has 2 aliphatic rings. The summed E-state index contributed by atoms with van der Waals surface area (Å²) in [6.07, 6.45) is 7.09. The molecular formula is C16H31NO2. The van der Waals surface area contributed by atoms with Gasteiger partial charge in [0.2, 0.25) is 0 Å². The summed E-state index contributed by atoms with van der Waals surface area (Å²) in [7, 11) is 0. The van der Waals surface area contributed by atoms with E-state index in [9.17, 15) is 0 Å². The first-order chi connectivity index (χ1) is 9.18. The molecule has 0 spiro atoms. The average molecular weight is 269 g/mol. The standard InChI is InChI=1S/C16H31NO2/c1-4-9-17-12-16(7-10-18-13(2)3)8-11-19-15(16)14-5-6-14/h13-15,17H,4-12H2,1-3H3. The fourth-order valence-corrected chi connectivity index (χ4v) is 3.30. The lowest BCUT2D eigenvalue weighted by atomic mass is 9.76. The molecule has 1 aliphatic heterocycles. The molecule has 2 fully saturated rings. The smallest absolute Gasteiger partial charge is 0.0673 e. The predicted octanol–water partition coefficient (Wildman–Crippen LogP) is 2.99. The molecule has 1 saturated carbocycles. The van der Waals surface area contributed by atoms with Gasteiger partial charge in [0.15, 0.2) is 0 Å². The molecule has 1 saturated heterocycles. The summed E-state index contributed by atoms with van der Waals surface area (Å²) in [4.78, 5) is 0. The van der Waals surface area contributed by atoms with Crippen LogP contribution in [0, 0.1) is 11.3 Å². The Balaban J connectivity index is 1.90. The fraction of sp³-hybridized carbons (Fsp3) is 1.00. The van der Waals surface area contributed by atoms with Crippen LogP contribution in [-0.2, 0) is 9.47 Å². The van der Waals surface area contributed by atoms with Gasteiger partial charge in [-0.15, -0.1) is 0 Å². The van der Waals surface area contributed by atoms with E-state index in [1.807, 2.05) is 0 Å². The number of hydrogen-bond acceptors (Lipinski definition) is 3. The molecule has 0 radical (unpaired) electrons. The first-order valence-corrected chi connectivity index (χ1v) is 8.12. The minimum absolute atomic E-state index is 0.325. The summed E-state index contributed by atoms with van der Waals surface area (Å²) < 4.78 is 11.9. The van der Waals surface area contributed by atoms with E-state index in [-0.39, 0.29) is 0 Å². The molecule has 0 aromatic rings. The largest absolute Gasteiger partial charge is 0.379 e. The zero-order valence-corrected chi connectivity index (χ0v) is 12.9. The van der Waals surface area contributed by atoms with Crippen LogP contribution in [-0.4, -0.2) is 38.5 Å². The van der Waals surface area contributed by atoms with E-state index in [1.165, 1.54) is 25.7 Å². The van der Waals surface area contributed by atoms with Crippen molar-refractivity contribution in [2.24, 2.45) is 11.3 Å². The highest BCUT2D eigenvalue weighted by molar-refractivity contribution is 5.00. The molecule has 1 aliphatic carbocycles. The van der Waals surface area contributed by atoms with E-state index in [0.717, 1.165) is 38.6 Å². The molecule has 2 unspecified atom stereocenters. The van der Waals surface area contributed by atoms with Gasteiger partial charge in [0.25, 0.3) is 0 Å². The Labute approximate surface area is 118 Å². The Kier molecular flexibility index (Phi) is 5.67. The molecule has 0 aromatic carbocycles. The second-order valence-corrected chi connectivity index (χ2v) is 6.59. The predicted molar refractivity (Wildman–Crippen MR) is 78.4 cm³/mol. The molecule has 0 bridgehead atoms. The second kappa shape index (κ2) is 7.05. The number of hydrogen-bond donors (Lipinski definition) is 1. The minimum Gasteiger partial charge on any atom is -0.379 e. The van der Waals surface area contributed by atoms with Gasteiger partial charge in [-0.1, -0.05) is 6.92 Å². The van der Waals surface area contributed by atoms with Gasteiger partial charge in [0.05, 0.1) is 12.2 Å². The second-order valence-electron chi connectivity index (χ2n) is 6.59. The third kappa shape index (κ3) is 4.17. The van der Waals surface area contributed by atoms with Crippen molar-refractivity contribution >= 4 is 0 Å². The number of rotatable bonds is 9. The van der Waals surface area contributed by atoms with E-state index in [2.05, 4.69) is 26.1 Å². The van der Waals surface area contributed by atoms with Crippen molar-refractivity contribution < 1.29 is 9.47 Å². The Morgan fingerprint density at radius 1 is 1.37 bits per heavy atom. The highest BCUT2D eigenvalue weighted by Crippen LogP contribution is 2.49. The lowest BCUT2D eigenvalue weighted by Gasteiger charge is -2.35. The van der Waals surface area contributed by atoms with Crippen molar-refractivity contribution in [1.29, 1.82) is 0 Å². The van der Waals surface area contributed by atoms with Gasteiger partial charge in [-0.2, -0.15) is 0 Å². The average Bonchev–Trinajstić information content (AvgIpc) is 3.12. The summed E-state index contributed by atoms with van der Waals surface area (Å²) >= 11 is 0. The van der Waals surface area contributed by atoms with Crippen molar-refractivity contribution in [2.75, 3.05) is 26.3 Å². The zero-order valence-electron chi connectivity index (χ0n) is 12.9. The van der Waals surface area contributed by atoms with Crippen molar-refractivity contribution in [3.63, 3.8) is 0 Å². The Morgan fingerprint density at radius 2 is 2.16 bits per heavy atom. The van der Waals surface area contributed by atoms with Crippen molar-refractivity contribution in [3.05, 3.63) is 0 Å². The van der Waals surface area contributed by atoms with Crippen LogP contribution in [0.25, 0.3) is 0 Å². The molecule has 0 amide bonds. The summed E-state index contributed by atoms with van der Waals surface area (Å²) in [6, 6.07) is 0. The van der Waals surface area contributed by atoms with Crippen LogP contribution in [0.4, 0.5) is 0 Å². The molecule has 1 heterocycles. The maximum Gasteiger partial charge on any atom is 0.0673 e. The topological polar surface area (TPSA) is 30.5 Å². The lowest BCUT2D eigenvalue weighted by molar-refractivity contribution is -0.00155. The molecular weight excluding hydrogens is 238 g/mol. The third-order valence-corrected chi connectivity index (χ3v) is 4.51. The summed E-state index contributed by atoms with van der Waals surface area (Å²) in [5.41, 5.74) is 0.325. The van der Waals surface area contributed by atoms with Gasteiger partial charge in [0.1, 0.15) is 0 Å². The van der Waals surface area contributed by atoms with Crippen molar-refractivity contribution in [3.8, 4) is 0 Å². The molecule has 2 atom stereocenters. The van der Waals surface area contributed by atoms with Crippen LogP contribution in [0.3, 0.4) is 0 Å². The van der Waals surface area contributed by atoms with E-state index in [0.29, 0.717) is 17.6 Å². The van der Waals surface area contributed by atoms with Gasteiger partial charge in [-0.25, -0.2) is 0 Å². The van der Waals surface area contributed by atoms with E-state index < -0.39 is 0 Å². The molecule has 112 valence electrons. The zero-order chi connectivity index (χ0) is 13.7. The van der Waals surface area contributed by atoms with E-state index in [1.54, 1.807) is 0 Å². The highest BCUT2D eigenvalue weighted by atomic mass is 16.5. The van der Waals surface area contributed by atoms with E-state index >= 15 is 0 Å². The molecule has 2 rings (SSSR count). The van der Waals surface area contributed by atoms with Crippen molar-refractivity contribution in [2.45, 2.75) is 65.1 Å². The maximum absolute atomic E-state index is 6.09. The lowest BCUT2D eigenvalue weighted by Crippen LogP contribution is -2.43. The quantitative estimate of drug-likeness (QED) is 0.653. The number of nitrogens with one attached hydrogen (secondary N) is 1. The van der Waals surface area contributed by atoms with Crippen LogP contribution in [0.5, 0.6) is 0 Å². The highest BCUT2D eigenvalue weighted by Gasteiger charge is 2.50. The van der Waals surface area contributed by atoms with Crippen LogP contribution in [0.2, 0.25) is 0 Å². The molecule has 19 heavy (non-hydrogen) atoms. The summed E-state index contributed by atoms with van der Waals surface area (Å²) in [6.45, 7) is 10.5. The summed E-state index contributed by atoms with van der Waals surface area (Å²) in [5.74, 6) is 0.824. The Hall–Kier alpha value is -0.120. The maximum atomic E-state index is 6.09. The third-order valence-electron chi connectivity index (χ3n) is 4.51. The SMILES string of the molecule is CCCNCC1(CCOC(C)C)CCOC1C1CC1. The van der Waals surface area contributed by atoms with Gasteiger partial charge in [-0.05, 0) is 58.4 Å². The van der Waals surface area contributed by atoms with Gasteiger partial charge in [-0.3, -0.25) is 0 Å². The van der Waals surface area contributed by atoms with Crippen LogP contribution < -0.4 is 5.32 Å². The van der Waals surface area contributed by atoms with Crippen LogP contribution in [0.15, 0.2) is 0 Å². The van der Waals surface area contributed by atoms with Gasteiger partial charge < -0.3 is 14.8 Å². The van der Waals surface area contributed by atoms with Crippen LogP contribution >= 0.6 is 0 Å². The van der Waals surface area contributed by atoms with E-state index in [4.69, 9.17) is 9.47 Å². The number of ether oxygens (including phenoxy) is 2.